The molecule has 1 heterocycles. The van der Waals surface area contributed by atoms with Gasteiger partial charge in [0.15, 0.2) is 0 Å². The minimum atomic E-state index is -0.130. The third-order valence-corrected chi connectivity index (χ3v) is 14.3. The smallest absolute Gasteiger partial charge is 0.302 e. The average Bonchev–Trinajstić information content (AvgIpc) is 3.50. The first kappa shape index (κ1) is 26.6. The summed E-state index contributed by atoms with van der Waals surface area (Å²) in [7, 11) is 1.93. The quantitative estimate of drug-likeness (QED) is 0.281. The van der Waals surface area contributed by atoms with Crippen molar-refractivity contribution in [1.82, 2.24) is 0 Å². The molecule has 0 aromatic heterocycles. The summed E-state index contributed by atoms with van der Waals surface area (Å²) in [5.74, 6) is 2.51. The van der Waals surface area contributed by atoms with E-state index in [1.54, 1.807) is 6.92 Å². The molecular weight excluding hydrogens is 460 g/mol. The minimum absolute atomic E-state index is 0.0145. The van der Waals surface area contributed by atoms with Crippen molar-refractivity contribution in [2.24, 2.45) is 50.7 Å². The van der Waals surface area contributed by atoms with Crippen LogP contribution in [0.25, 0.3) is 0 Å². The van der Waals surface area contributed by atoms with Crippen molar-refractivity contribution in [1.29, 1.82) is 0 Å². The Morgan fingerprint density at radius 2 is 1.32 bits per heavy atom. The van der Waals surface area contributed by atoms with Gasteiger partial charge in [-0.25, -0.2) is 0 Å². The van der Waals surface area contributed by atoms with Crippen LogP contribution in [0.5, 0.6) is 0 Å². The number of esters is 1. The molecule has 0 amide bonds. The molecule has 6 rings (SSSR count). The van der Waals surface area contributed by atoms with Gasteiger partial charge in [-0.15, -0.1) is 0 Å². The predicted molar refractivity (Wildman–Crippen MR) is 146 cm³/mol. The van der Waals surface area contributed by atoms with E-state index in [1.807, 2.05) is 7.11 Å². The third kappa shape index (κ3) is 3.42. The number of methoxy groups -OCH3 is 1. The Morgan fingerprint density at radius 1 is 0.730 bits per heavy atom. The zero-order chi connectivity index (χ0) is 26.8. The summed E-state index contributed by atoms with van der Waals surface area (Å²) in [6.45, 7) is 19.2. The van der Waals surface area contributed by atoms with Crippen molar-refractivity contribution in [3.05, 3.63) is 0 Å². The topological polar surface area (TPSA) is 48.1 Å². The van der Waals surface area contributed by atoms with Crippen LogP contribution in [0.2, 0.25) is 0 Å². The lowest BCUT2D eigenvalue weighted by Gasteiger charge is -2.64. The van der Waals surface area contributed by atoms with Crippen LogP contribution in [0.1, 0.15) is 120 Å². The second-order valence-corrected chi connectivity index (χ2v) is 16.5. The van der Waals surface area contributed by atoms with Gasteiger partial charge in [0, 0.05) is 19.4 Å². The maximum atomic E-state index is 11.9. The van der Waals surface area contributed by atoms with Crippen LogP contribution in [0, 0.1) is 50.7 Å². The molecule has 0 N–H and O–H groups in total. The fraction of sp³-hybridized carbons (Fsp3) is 0.970. The fourth-order valence-electron chi connectivity index (χ4n) is 12.8. The van der Waals surface area contributed by atoms with Crippen molar-refractivity contribution in [2.45, 2.75) is 144 Å². The van der Waals surface area contributed by atoms with Gasteiger partial charge < -0.3 is 14.2 Å². The van der Waals surface area contributed by atoms with Gasteiger partial charge in [0.1, 0.15) is 6.10 Å². The average molecular weight is 515 g/mol. The normalized spacial score (nSPS) is 55.3. The number of ether oxygens (including phenoxy) is 3. The molecule has 4 nitrogen and oxygen atoms in total. The summed E-state index contributed by atoms with van der Waals surface area (Å²) in [6.07, 6.45) is 13.2. The molecule has 1 aliphatic heterocycles. The van der Waals surface area contributed by atoms with E-state index in [9.17, 15) is 4.79 Å². The summed E-state index contributed by atoms with van der Waals surface area (Å²) >= 11 is 0. The van der Waals surface area contributed by atoms with Crippen LogP contribution in [-0.2, 0) is 19.0 Å². The van der Waals surface area contributed by atoms with Crippen LogP contribution in [0.15, 0.2) is 0 Å². The van der Waals surface area contributed by atoms with E-state index < -0.39 is 0 Å². The maximum absolute atomic E-state index is 11.9. The molecule has 6 fully saturated rings. The SMILES string of the molecule is CO[C@@H]1CC[C@@]2(C)[C@@H](CC[C@@]3(C)C[C@@]45O[C@@H]4C[C@H]4C(C)(C)[C@H](OC(C)=O)CC[C@]4(C)[C@H]5CC[C@@H]32)C1(C)C. The molecule has 1 spiro atoms. The number of hydrogen-bond acceptors (Lipinski definition) is 4. The van der Waals surface area contributed by atoms with E-state index in [4.69, 9.17) is 14.2 Å². The number of rotatable bonds is 2. The first-order chi connectivity index (χ1) is 17.1. The van der Waals surface area contributed by atoms with Crippen molar-refractivity contribution < 1.29 is 19.0 Å². The Morgan fingerprint density at radius 3 is 1.97 bits per heavy atom. The molecule has 0 bridgehead atoms. The standard InChI is InChI=1S/C33H54O4/c1-20(34)36-26-14-17-32(8)23-11-10-22-30(6,19-33(23)27(37-33)18-24(32)29(26,4)5)15-12-21-28(2,3)25(35-9)13-16-31(21,22)7/h21-27H,10-19H2,1-9H3/t21-,22-,23+,24-,25+,26+,27+,30-,31-,32+,33-/m0/s1. The Kier molecular flexibility index (Phi) is 5.74. The van der Waals surface area contributed by atoms with Crippen LogP contribution < -0.4 is 0 Å². The maximum Gasteiger partial charge on any atom is 0.302 e. The number of fused-ring (bicyclic) bond motifs is 5. The highest BCUT2D eigenvalue weighted by Crippen LogP contribution is 2.76. The first-order valence-electron chi connectivity index (χ1n) is 15.5. The van der Waals surface area contributed by atoms with Gasteiger partial charge in [-0.2, -0.15) is 0 Å². The summed E-state index contributed by atoms with van der Waals surface area (Å²) in [5.41, 5.74) is 1.30. The lowest BCUT2D eigenvalue weighted by Crippen LogP contribution is -2.60. The molecule has 4 heteroatoms. The summed E-state index contributed by atoms with van der Waals surface area (Å²) in [5, 5.41) is 0. The van der Waals surface area contributed by atoms with E-state index >= 15 is 0 Å². The summed E-state index contributed by atoms with van der Waals surface area (Å²) < 4.78 is 18.9. The Bertz CT molecular complexity index is 956. The number of epoxide rings is 1. The molecule has 0 aromatic carbocycles. The van der Waals surface area contributed by atoms with E-state index in [0.717, 1.165) is 31.1 Å². The zero-order valence-corrected chi connectivity index (χ0v) is 25.2. The molecule has 0 aromatic rings. The summed E-state index contributed by atoms with van der Waals surface area (Å²) in [4.78, 5) is 11.9. The monoisotopic (exact) mass is 514 g/mol. The summed E-state index contributed by atoms with van der Waals surface area (Å²) in [6, 6.07) is 0. The number of carbonyl (C=O) groups excluding carboxylic acids is 1. The van der Waals surface area contributed by atoms with Crippen LogP contribution in [-0.4, -0.2) is 37.0 Å². The molecular formula is C33H54O4. The number of carbonyl (C=O) groups is 1. The Labute approximate surface area is 226 Å². The Balaban J connectivity index is 1.33. The molecule has 37 heavy (non-hydrogen) atoms. The van der Waals surface area contributed by atoms with Gasteiger partial charge in [-0.05, 0) is 110 Å². The number of hydrogen-bond donors (Lipinski definition) is 0. The highest BCUT2D eigenvalue weighted by atomic mass is 16.6. The van der Waals surface area contributed by atoms with Gasteiger partial charge in [0.25, 0.3) is 0 Å². The molecule has 6 aliphatic rings. The lowest BCUT2D eigenvalue weighted by molar-refractivity contribution is -0.181. The lowest BCUT2D eigenvalue weighted by atomic mass is 9.41. The zero-order valence-electron chi connectivity index (χ0n) is 25.2. The highest BCUT2D eigenvalue weighted by molar-refractivity contribution is 5.66. The Hall–Kier alpha value is -0.610. The van der Waals surface area contributed by atoms with E-state index in [-0.39, 0.29) is 33.9 Å². The molecule has 1 saturated heterocycles. The van der Waals surface area contributed by atoms with E-state index in [2.05, 4.69) is 48.5 Å². The molecule has 210 valence electrons. The van der Waals surface area contributed by atoms with E-state index in [1.165, 1.54) is 44.9 Å². The highest BCUT2D eigenvalue weighted by Gasteiger charge is 2.76. The molecule has 11 atom stereocenters. The predicted octanol–water partition coefficient (Wildman–Crippen LogP) is 7.58. The van der Waals surface area contributed by atoms with Crippen LogP contribution in [0.3, 0.4) is 0 Å². The van der Waals surface area contributed by atoms with Crippen molar-refractivity contribution in [3.8, 4) is 0 Å². The van der Waals surface area contributed by atoms with Gasteiger partial charge in [-0.3, -0.25) is 4.79 Å². The largest absolute Gasteiger partial charge is 0.462 e. The van der Waals surface area contributed by atoms with Gasteiger partial charge in [-0.1, -0.05) is 48.5 Å². The molecule has 0 unspecified atom stereocenters. The molecule has 0 radical (unpaired) electrons. The van der Waals surface area contributed by atoms with Crippen molar-refractivity contribution in [2.75, 3.05) is 7.11 Å². The second-order valence-electron chi connectivity index (χ2n) is 16.5. The minimum Gasteiger partial charge on any atom is -0.462 e. The van der Waals surface area contributed by atoms with Crippen molar-refractivity contribution in [3.63, 3.8) is 0 Å². The molecule has 5 aliphatic carbocycles. The first-order valence-corrected chi connectivity index (χ1v) is 15.5. The fourth-order valence-corrected chi connectivity index (χ4v) is 12.8. The second kappa shape index (κ2) is 7.99. The van der Waals surface area contributed by atoms with E-state index in [0.29, 0.717) is 34.9 Å². The van der Waals surface area contributed by atoms with Crippen LogP contribution >= 0.6 is 0 Å². The van der Waals surface area contributed by atoms with Crippen molar-refractivity contribution >= 4 is 5.97 Å². The van der Waals surface area contributed by atoms with Crippen LogP contribution in [0.4, 0.5) is 0 Å². The van der Waals surface area contributed by atoms with Gasteiger partial charge >= 0.3 is 5.97 Å². The van der Waals surface area contributed by atoms with Gasteiger partial charge in [0.05, 0.1) is 17.8 Å². The third-order valence-electron chi connectivity index (χ3n) is 14.3. The molecule has 5 saturated carbocycles. The van der Waals surface area contributed by atoms with Gasteiger partial charge in [0.2, 0.25) is 0 Å².